The number of amides is 1. The maximum Gasteiger partial charge on any atom is 0.251 e. The summed E-state index contributed by atoms with van der Waals surface area (Å²) in [5.41, 5.74) is 0.699. The molecule has 5 heteroatoms. The lowest BCUT2D eigenvalue weighted by molar-refractivity contribution is 0.0934. The van der Waals surface area contributed by atoms with Gasteiger partial charge < -0.3 is 14.8 Å². The van der Waals surface area contributed by atoms with Gasteiger partial charge in [0.2, 0.25) is 6.79 Å². The molecule has 4 nitrogen and oxygen atoms in total. The van der Waals surface area contributed by atoms with Gasteiger partial charge in [0, 0.05) is 17.4 Å². The Morgan fingerprint density at radius 3 is 2.85 bits per heavy atom. The Hall–Kier alpha value is -1.23. The van der Waals surface area contributed by atoms with Gasteiger partial charge in [-0.1, -0.05) is 29.8 Å². The zero-order valence-corrected chi connectivity index (χ0v) is 13.5. The molecule has 0 radical (unpaired) electrons. The summed E-state index contributed by atoms with van der Waals surface area (Å²) in [7, 11) is 0. The number of ether oxygens (including phenoxy) is 2. The van der Waals surface area contributed by atoms with Crippen molar-refractivity contribution in [3.05, 3.63) is 23.8 Å². The molecule has 1 aromatic rings. The molecule has 0 saturated carbocycles. The molecule has 1 heterocycles. The van der Waals surface area contributed by atoms with Crippen molar-refractivity contribution in [3.63, 3.8) is 0 Å². The lowest BCUT2D eigenvalue weighted by Gasteiger charge is -2.24. The lowest BCUT2D eigenvalue weighted by atomic mass is 9.88. The summed E-state index contributed by atoms with van der Waals surface area (Å²) in [4.78, 5) is 12.1. The number of halogens is 1. The fraction of sp³-hybridized carbons (Fsp3) is 0.533. The number of carbonyl (C=O) groups excluding carboxylic acids is 1. The molecule has 1 aliphatic heterocycles. The molecule has 0 unspecified atom stereocenters. The van der Waals surface area contributed by atoms with Crippen molar-refractivity contribution in [1.82, 2.24) is 5.32 Å². The molecule has 0 atom stereocenters. The van der Waals surface area contributed by atoms with Crippen molar-refractivity contribution in [2.24, 2.45) is 5.41 Å². The number of hydrogen-bond donors (Lipinski definition) is 1. The largest absolute Gasteiger partial charge is 0.454 e. The van der Waals surface area contributed by atoms with E-state index >= 15 is 0 Å². The SMILES string of the molecule is CC(C)(CCCBr)CNC(=O)c1ccc2c(c1)OCO2. The molecule has 1 amide bonds. The monoisotopic (exact) mass is 341 g/mol. The van der Waals surface area contributed by atoms with E-state index in [1.54, 1.807) is 18.2 Å². The van der Waals surface area contributed by atoms with Crippen LogP contribution in [0, 0.1) is 5.41 Å². The van der Waals surface area contributed by atoms with E-state index in [9.17, 15) is 4.79 Å². The van der Waals surface area contributed by atoms with Crippen LogP contribution in [0.1, 0.15) is 37.0 Å². The van der Waals surface area contributed by atoms with Crippen molar-refractivity contribution in [3.8, 4) is 11.5 Å². The Kier molecular flexibility index (Phi) is 4.91. The summed E-state index contributed by atoms with van der Waals surface area (Å²) >= 11 is 3.43. The second-order valence-corrected chi connectivity index (χ2v) is 6.50. The molecule has 0 saturated heterocycles. The van der Waals surface area contributed by atoms with Gasteiger partial charge in [-0.3, -0.25) is 4.79 Å². The Bertz CT molecular complexity index is 488. The first-order chi connectivity index (χ1) is 9.52. The fourth-order valence-corrected chi connectivity index (χ4v) is 2.37. The van der Waals surface area contributed by atoms with E-state index in [1.807, 2.05) is 0 Å². The van der Waals surface area contributed by atoms with Crippen molar-refractivity contribution in [2.45, 2.75) is 26.7 Å². The maximum absolute atomic E-state index is 12.1. The van der Waals surface area contributed by atoms with Crippen LogP contribution in [0.3, 0.4) is 0 Å². The van der Waals surface area contributed by atoms with Crippen LogP contribution in [0.4, 0.5) is 0 Å². The number of benzene rings is 1. The van der Waals surface area contributed by atoms with Gasteiger partial charge in [-0.2, -0.15) is 0 Å². The molecule has 1 aromatic carbocycles. The molecule has 1 N–H and O–H groups in total. The Labute approximate surface area is 128 Å². The van der Waals surface area contributed by atoms with Crippen LogP contribution in [0.2, 0.25) is 0 Å². The molecule has 0 aromatic heterocycles. The zero-order valence-electron chi connectivity index (χ0n) is 11.9. The van der Waals surface area contributed by atoms with E-state index in [4.69, 9.17) is 9.47 Å². The minimum Gasteiger partial charge on any atom is -0.454 e. The maximum atomic E-state index is 12.1. The summed E-state index contributed by atoms with van der Waals surface area (Å²) in [5.74, 6) is 1.26. The number of fused-ring (bicyclic) bond motifs is 1. The average Bonchev–Trinajstić information content (AvgIpc) is 2.90. The number of rotatable bonds is 6. The van der Waals surface area contributed by atoms with Crippen LogP contribution in [0.25, 0.3) is 0 Å². The Morgan fingerprint density at radius 1 is 1.35 bits per heavy atom. The van der Waals surface area contributed by atoms with Gasteiger partial charge in [0.15, 0.2) is 11.5 Å². The Balaban J connectivity index is 1.92. The van der Waals surface area contributed by atoms with Gasteiger partial charge in [0.25, 0.3) is 5.91 Å². The minimum atomic E-state index is -0.0739. The van der Waals surface area contributed by atoms with Gasteiger partial charge >= 0.3 is 0 Å². The second-order valence-electron chi connectivity index (χ2n) is 5.71. The third-order valence-electron chi connectivity index (χ3n) is 3.35. The topological polar surface area (TPSA) is 47.6 Å². The lowest BCUT2D eigenvalue weighted by Crippen LogP contribution is -2.34. The highest BCUT2D eigenvalue weighted by atomic mass is 79.9. The van der Waals surface area contributed by atoms with E-state index in [-0.39, 0.29) is 18.1 Å². The standard InChI is InChI=1S/C15H20BrNO3/c1-15(2,6-3-7-16)9-17-14(18)11-4-5-12-13(8-11)20-10-19-12/h4-5,8H,3,6-7,9-10H2,1-2H3,(H,17,18). The first kappa shape index (κ1) is 15.2. The molecule has 0 fully saturated rings. The average molecular weight is 342 g/mol. The highest BCUT2D eigenvalue weighted by Gasteiger charge is 2.20. The molecule has 0 bridgehead atoms. The number of hydrogen-bond acceptors (Lipinski definition) is 3. The summed E-state index contributed by atoms with van der Waals surface area (Å²) in [6.07, 6.45) is 2.17. The van der Waals surface area contributed by atoms with E-state index < -0.39 is 0 Å². The van der Waals surface area contributed by atoms with Crippen LogP contribution in [-0.4, -0.2) is 24.6 Å². The van der Waals surface area contributed by atoms with Crippen molar-refractivity contribution in [1.29, 1.82) is 0 Å². The number of nitrogens with one attached hydrogen (secondary N) is 1. The summed E-state index contributed by atoms with van der Waals surface area (Å²) in [6.45, 7) is 5.21. The summed E-state index contributed by atoms with van der Waals surface area (Å²) in [6, 6.07) is 5.25. The molecule has 1 aliphatic rings. The van der Waals surface area contributed by atoms with Crippen LogP contribution < -0.4 is 14.8 Å². The molecule has 0 spiro atoms. The van der Waals surface area contributed by atoms with Crippen LogP contribution in [-0.2, 0) is 0 Å². The van der Waals surface area contributed by atoms with Crippen molar-refractivity contribution >= 4 is 21.8 Å². The van der Waals surface area contributed by atoms with Crippen LogP contribution >= 0.6 is 15.9 Å². The Morgan fingerprint density at radius 2 is 2.10 bits per heavy atom. The van der Waals surface area contributed by atoms with E-state index in [0.717, 1.165) is 18.2 Å². The van der Waals surface area contributed by atoms with Gasteiger partial charge in [0.1, 0.15) is 0 Å². The third kappa shape index (κ3) is 3.88. The molecular formula is C15H20BrNO3. The quantitative estimate of drug-likeness (QED) is 0.807. The molecule has 20 heavy (non-hydrogen) atoms. The minimum absolute atomic E-state index is 0.0739. The molecule has 2 rings (SSSR count). The smallest absolute Gasteiger partial charge is 0.251 e. The van der Waals surface area contributed by atoms with Crippen molar-refractivity contribution < 1.29 is 14.3 Å². The first-order valence-electron chi connectivity index (χ1n) is 6.76. The zero-order chi connectivity index (χ0) is 14.6. The number of carbonyl (C=O) groups is 1. The molecule has 110 valence electrons. The highest BCUT2D eigenvalue weighted by molar-refractivity contribution is 9.09. The van der Waals surface area contributed by atoms with Crippen LogP contribution in [0.5, 0.6) is 11.5 Å². The number of alkyl halides is 1. The molecule has 0 aliphatic carbocycles. The van der Waals surface area contributed by atoms with Gasteiger partial charge in [0.05, 0.1) is 0 Å². The highest BCUT2D eigenvalue weighted by Crippen LogP contribution is 2.32. The van der Waals surface area contributed by atoms with Gasteiger partial charge in [-0.25, -0.2) is 0 Å². The fourth-order valence-electron chi connectivity index (χ4n) is 2.09. The summed E-state index contributed by atoms with van der Waals surface area (Å²) in [5, 5.41) is 3.98. The van der Waals surface area contributed by atoms with E-state index in [0.29, 0.717) is 23.6 Å². The predicted molar refractivity (Wildman–Crippen MR) is 81.7 cm³/mol. The van der Waals surface area contributed by atoms with E-state index in [2.05, 4.69) is 35.1 Å². The van der Waals surface area contributed by atoms with E-state index in [1.165, 1.54) is 0 Å². The first-order valence-corrected chi connectivity index (χ1v) is 7.88. The van der Waals surface area contributed by atoms with Gasteiger partial charge in [-0.15, -0.1) is 0 Å². The normalized spacial score (nSPS) is 13.3. The third-order valence-corrected chi connectivity index (χ3v) is 3.91. The van der Waals surface area contributed by atoms with Crippen LogP contribution in [0.15, 0.2) is 18.2 Å². The van der Waals surface area contributed by atoms with Gasteiger partial charge in [-0.05, 0) is 36.5 Å². The second kappa shape index (κ2) is 6.48. The summed E-state index contributed by atoms with van der Waals surface area (Å²) < 4.78 is 10.5. The predicted octanol–water partition coefficient (Wildman–Crippen LogP) is 3.35. The van der Waals surface area contributed by atoms with Crippen molar-refractivity contribution in [2.75, 3.05) is 18.7 Å². The molecular weight excluding hydrogens is 322 g/mol.